The summed E-state index contributed by atoms with van der Waals surface area (Å²) in [6.07, 6.45) is 2.14. The van der Waals surface area contributed by atoms with Crippen molar-refractivity contribution in [3.63, 3.8) is 0 Å². The highest BCUT2D eigenvalue weighted by molar-refractivity contribution is 6.00. The summed E-state index contributed by atoms with van der Waals surface area (Å²) in [5, 5.41) is 0. The van der Waals surface area contributed by atoms with E-state index >= 15 is 0 Å². The number of ether oxygens (including phenoxy) is 1. The van der Waals surface area contributed by atoms with Crippen LogP contribution in [0.1, 0.15) is 47.6 Å². The minimum Gasteiger partial charge on any atom is -0.466 e. The molecule has 0 radical (unpaired) electrons. The first kappa shape index (κ1) is 12.9. The van der Waals surface area contributed by atoms with Gasteiger partial charge in [0.15, 0.2) is 5.78 Å². The van der Waals surface area contributed by atoms with Gasteiger partial charge in [-0.05, 0) is 25.3 Å². The van der Waals surface area contributed by atoms with E-state index in [1.54, 1.807) is 0 Å². The van der Waals surface area contributed by atoms with E-state index in [0.29, 0.717) is 13.0 Å². The number of nitrogens with one attached hydrogen (secondary N) is 1. The third-order valence-corrected chi connectivity index (χ3v) is 3.52. The number of aromatic amines is 1. The third kappa shape index (κ3) is 2.33. The molecule has 0 spiro atoms. The summed E-state index contributed by atoms with van der Waals surface area (Å²) >= 11 is 0. The van der Waals surface area contributed by atoms with E-state index in [9.17, 15) is 9.59 Å². The molecule has 1 heterocycles. The molecule has 0 aromatic carbocycles. The lowest BCUT2D eigenvalue weighted by Gasteiger charge is -2.21. The number of aromatic nitrogens is 1. The monoisotopic (exact) mass is 249 g/mol. The number of H-pyrrole nitrogens is 1. The molecule has 0 aliphatic heterocycles. The van der Waals surface area contributed by atoms with Crippen molar-refractivity contribution in [1.29, 1.82) is 0 Å². The van der Waals surface area contributed by atoms with E-state index < -0.39 is 0 Å². The second-order valence-corrected chi connectivity index (χ2v) is 4.94. The van der Waals surface area contributed by atoms with Gasteiger partial charge in [0.05, 0.1) is 6.61 Å². The number of ketones is 1. The summed E-state index contributed by atoms with van der Waals surface area (Å²) in [6, 6.07) is 0. The Kier molecular flexibility index (Phi) is 3.55. The van der Waals surface area contributed by atoms with Gasteiger partial charge >= 0.3 is 5.97 Å². The van der Waals surface area contributed by atoms with E-state index in [1.165, 1.54) is 6.92 Å². The number of esters is 1. The van der Waals surface area contributed by atoms with Gasteiger partial charge < -0.3 is 9.72 Å². The van der Waals surface area contributed by atoms with Gasteiger partial charge in [-0.3, -0.25) is 9.59 Å². The fraction of sp³-hybridized carbons (Fsp3) is 0.571. The molecule has 1 aliphatic carbocycles. The molecule has 4 heteroatoms. The van der Waals surface area contributed by atoms with Crippen molar-refractivity contribution in [2.75, 3.05) is 6.61 Å². The van der Waals surface area contributed by atoms with Crippen LogP contribution in [0.5, 0.6) is 0 Å². The summed E-state index contributed by atoms with van der Waals surface area (Å²) in [5.74, 6) is -0.00332. The normalized spacial score (nSPS) is 18.6. The van der Waals surface area contributed by atoms with Crippen LogP contribution in [0.2, 0.25) is 0 Å². The van der Waals surface area contributed by atoms with Gasteiger partial charge in [-0.25, -0.2) is 0 Å². The van der Waals surface area contributed by atoms with Crippen LogP contribution in [0.25, 0.3) is 0 Å². The van der Waals surface area contributed by atoms with Crippen molar-refractivity contribution in [2.45, 2.75) is 40.0 Å². The number of hydrogen-bond acceptors (Lipinski definition) is 3. The zero-order chi connectivity index (χ0) is 13.3. The third-order valence-electron chi connectivity index (χ3n) is 3.52. The van der Waals surface area contributed by atoms with E-state index in [-0.39, 0.29) is 17.7 Å². The minimum atomic E-state index is -0.287. The van der Waals surface area contributed by atoms with Gasteiger partial charge in [0.25, 0.3) is 0 Å². The highest BCUT2D eigenvalue weighted by atomic mass is 16.5. The zero-order valence-corrected chi connectivity index (χ0v) is 11.1. The number of carbonyl (C=O) groups excluding carboxylic acids is 2. The molecule has 98 valence electrons. The smallest absolute Gasteiger partial charge is 0.302 e. The lowest BCUT2D eigenvalue weighted by molar-refractivity contribution is -0.142. The molecule has 0 fully saturated rings. The van der Waals surface area contributed by atoms with Crippen molar-refractivity contribution < 1.29 is 14.3 Å². The van der Waals surface area contributed by atoms with Crippen LogP contribution in [0.4, 0.5) is 0 Å². The predicted octanol–water partition coefficient (Wildman–Crippen LogP) is 2.19. The zero-order valence-electron chi connectivity index (χ0n) is 11.1. The van der Waals surface area contributed by atoms with Crippen LogP contribution in [-0.4, -0.2) is 23.3 Å². The largest absolute Gasteiger partial charge is 0.466 e. The molecule has 1 aromatic rings. The van der Waals surface area contributed by atoms with Gasteiger partial charge in [0.1, 0.15) is 0 Å². The maximum Gasteiger partial charge on any atom is 0.302 e. The van der Waals surface area contributed by atoms with Crippen molar-refractivity contribution in [3.05, 3.63) is 22.5 Å². The summed E-state index contributed by atoms with van der Waals surface area (Å²) in [7, 11) is 0. The molecule has 1 atom stereocenters. The quantitative estimate of drug-likeness (QED) is 0.835. The maximum atomic E-state index is 12.2. The standard InChI is InChI=1S/C14H19NO3/c1-4-11-8(2)15-12-5-10(7-18-9(3)16)6-13(17)14(11)12/h10,15H,4-7H2,1-3H3. The average molecular weight is 249 g/mol. The van der Waals surface area contributed by atoms with Crippen molar-refractivity contribution in [1.82, 2.24) is 4.98 Å². The molecule has 0 saturated carbocycles. The molecular weight excluding hydrogens is 230 g/mol. The molecule has 1 aliphatic rings. The summed E-state index contributed by atoms with van der Waals surface area (Å²) in [5.41, 5.74) is 4.12. The van der Waals surface area contributed by atoms with Gasteiger partial charge in [-0.2, -0.15) is 0 Å². The molecule has 18 heavy (non-hydrogen) atoms. The lowest BCUT2D eigenvalue weighted by Crippen LogP contribution is -2.24. The first-order valence-corrected chi connectivity index (χ1v) is 6.39. The summed E-state index contributed by atoms with van der Waals surface area (Å²) in [4.78, 5) is 26.3. The van der Waals surface area contributed by atoms with Crippen LogP contribution in [0.3, 0.4) is 0 Å². The molecule has 1 aromatic heterocycles. The maximum absolute atomic E-state index is 12.2. The Hall–Kier alpha value is -1.58. The lowest BCUT2D eigenvalue weighted by atomic mass is 9.85. The first-order valence-electron chi connectivity index (χ1n) is 6.39. The van der Waals surface area contributed by atoms with Gasteiger partial charge in [-0.15, -0.1) is 0 Å². The van der Waals surface area contributed by atoms with Crippen LogP contribution in [-0.2, 0) is 22.4 Å². The molecule has 2 rings (SSSR count). The second-order valence-electron chi connectivity index (χ2n) is 4.94. The molecule has 0 bridgehead atoms. The summed E-state index contributed by atoms with van der Waals surface area (Å²) in [6.45, 7) is 5.80. The first-order chi connectivity index (χ1) is 8.52. The summed E-state index contributed by atoms with van der Waals surface area (Å²) < 4.78 is 5.00. The fourth-order valence-corrected chi connectivity index (χ4v) is 2.74. The van der Waals surface area contributed by atoms with Crippen molar-refractivity contribution >= 4 is 11.8 Å². The van der Waals surface area contributed by atoms with Crippen molar-refractivity contribution in [3.8, 4) is 0 Å². The number of aryl methyl sites for hydroxylation is 1. The fourth-order valence-electron chi connectivity index (χ4n) is 2.74. The predicted molar refractivity (Wildman–Crippen MR) is 67.7 cm³/mol. The number of carbonyl (C=O) groups is 2. The van der Waals surface area contributed by atoms with Crippen LogP contribution in [0.15, 0.2) is 0 Å². The van der Waals surface area contributed by atoms with E-state index in [4.69, 9.17) is 4.74 Å². The number of hydrogen-bond donors (Lipinski definition) is 1. The average Bonchev–Trinajstić information content (AvgIpc) is 2.62. The van der Waals surface area contributed by atoms with E-state index in [2.05, 4.69) is 11.9 Å². The van der Waals surface area contributed by atoms with E-state index in [0.717, 1.165) is 35.4 Å². The Balaban J connectivity index is 2.19. The number of Topliss-reactive ketones (excluding diaryl/α,β-unsaturated/α-hetero) is 1. The van der Waals surface area contributed by atoms with E-state index in [1.807, 2.05) is 6.92 Å². The molecule has 1 N–H and O–H groups in total. The highest BCUT2D eigenvalue weighted by Gasteiger charge is 2.30. The molecular formula is C14H19NO3. The molecule has 4 nitrogen and oxygen atoms in total. The highest BCUT2D eigenvalue weighted by Crippen LogP contribution is 2.30. The molecule has 0 amide bonds. The Morgan fingerprint density at radius 1 is 1.44 bits per heavy atom. The van der Waals surface area contributed by atoms with Gasteiger partial charge in [-0.1, -0.05) is 6.92 Å². The van der Waals surface area contributed by atoms with Crippen LogP contribution < -0.4 is 0 Å². The number of fused-ring (bicyclic) bond motifs is 1. The number of rotatable bonds is 3. The van der Waals surface area contributed by atoms with Crippen LogP contribution >= 0.6 is 0 Å². The Morgan fingerprint density at radius 2 is 2.17 bits per heavy atom. The topological polar surface area (TPSA) is 59.2 Å². The SMILES string of the molecule is CCc1c(C)[nH]c2c1C(=O)CC(COC(C)=O)C2. The van der Waals surface area contributed by atoms with Crippen molar-refractivity contribution in [2.24, 2.45) is 5.92 Å². The Bertz CT molecular complexity index is 487. The van der Waals surface area contributed by atoms with Gasteiger partial charge in [0, 0.05) is 36.2 Å². The Morgan fingerprint density at radius 3 is 2.78 bits per heavy atom. The van der Waals surface area contributed by atoms with Crippen LogP contribution in [0, 0.1) is 12.8 Å². The molecule has 1 unspecified atom stereocenters. The Labute approximate surface area is 107 Å². The second kappa shape index (κ2) is 4.96. The minimum absolute atomic E-state index is 0.108. The molecule has 0 saturated heterocycles. The van der Waals surface area contributed by atoms with Gasteiger partial charge in [0.2, 0.25) is 0 Å².